The third kappa shape index (κ3) is 1.30. The Hall–Kier alpha value is -0.0800. The second-order valence-corrected chi connectivity index (χ2v) is 4.04. The van der Waals surface area contributed by atoms with Gasteiger partial charge in [0, 0.05) is 13.2 Å². The van der Waals surface area contributed by atoms with Crippen LogP contribution < -0.4 is 5.73 Å². The second kappa shape index (κ2) is 2.76. The Morgan fingerprint density at radius 1 is 1.36 bits per heavy atom. The third-order valence-corrected chi connectivity index (χ3v) is 3.32. The van der Waals surface area contributed by atoms with E-state index in [9.17, 15) is 0 Å². The van der Waals surface area contributed by atoms with E-state index in [1.807, 2.05) is 0 Å². The van der Waals surface area contributed by atoms with E-state index < -0.39 is 0 Å². The Morgan fingerprint density at radius 3 is 2.73 bits per heavy atom. The average molecular weight is 155 g/mol. The Bertz CT molecular complexity index is 142. The minimum atomic E-state index is 0.365. The van der Waals surface area contributed by atoms with Gasteiger partial charge in [0.1, 0.15) is 0 Å². The van der Waals surface area contributed by atoms with Gasteiger partial charge in [0.25, 0.3) is 0 Å². The highest BCUT2D eigenvalue weighted by atomic mass is 16.5. The van der Waals surface area contributed by atoms with Crippen molar-refractivity contribution in [1.29, 1.82) is 0 Å². The van der Waals surface area contributed by atoms with Crippen LogP contribution in [-0.4, -0.2) is 19.3 Å². The summed E-state index contributed by atoms with van der Waals surface area (Å²) in [6.45, 7) is 1.66. The lowest BCUT2D eigenvalue weighted by Crippen LogP contribution is -2.42. The zero-order valence-corrected chi connectivity index (χ0v) is 7.01. The lowest BCUT2D eigenvalue weighted by atomic mass is 9.63. The number of rotatable bonds is 1. The van der Waals surface area contributed by atoms with Crippen molar-refractivity contribution in [1.82, 2.24) is 0 Å². The molecule has 2 nitrogen and oxygen atoms in total. The van der Waals surface area contributed by atoms with Crippen molar-refractivity contribution >= 4 is 0 Å². The van der Waals surface area contributed by atoms with Gasteiger partial charge in [-0.15, -0.1) is 0 Å². The first kappa shape index (κ1) is 7.56. The molecule has 2 fully saturated rings. The smallest absolute Gasteiger partial charge is 0.0702 e. The van der Waals surface area contributed by atoms with Crippen LogP contribution in [-0.2, 0) is 4.74 Å². The molecule has 0 amide bonds. The van der Waals surface area contributed by atoms with Gasteiger partial charge in [-0.2, -0.15) is 0 Å². The summed E-state index contributed by atoms with van der Waals surface area (Å²) in [7, 11) is 0. The topological polar surface area (TPSA) is 35.2 Å². The quantitative estimate of drug-likeness (QED) is 0.619. The molecule has 0 aromatic rings. The van der Waals surface area contributed by atoms with Crippen molar-refractivity contribution in [3.63, 3.8) is 0 Å². The summed E-state index contributed by atoms with van der Waals surface area (Å²) in [5, 5.41) is 0. The van der Waals surface area contributed by atoms with Crippen LogP contribution in [0.1, 0.15) is 32.1 Å². The molecule has 0 bridgehead atoms. The van der Waals surface area contributed by atoms with Crippen molar-refractivity contribution < 1.29 is 4.74 Å². The van der Waals surface area contributed by atoms with Crippen molar-refractivity contribution in [2.75, 3.05) is 13.2 Å². The monoisotopic (exact) mass is 155 g/mol. The van der Waals surface area contributed by atoms with Crippen molar-refractivity contribution in [2.24, 2.45) is 11.1 Å². The van der Waals surface area contributed by atoms with E-state index >= 15 is 0 Å². The zero-order chi connectivity index (χ0) is 7.73. The Labute approximate surface area is 68.1 Å². The fourth-order valence-corrected chi connectivity index (χ4v) is 2.37. The average Bonchev–Trinajstić information content (AvgIpc) is 2.02. The van der Waals surface area contributed by atoms with Crippen LogP contribution in [0.4, 0.5) is 0 Å². The van der Waals surface area contributed by atoms with Gasteiger partial charge >= 0.3 is 0 Å². The van der Waals surface area contributed by atoms with Crippen molar-refractivity contribution in [2.45, 2.75) is 38.2 Å². The molecule has 1 spiro atoms. The molecular weight excluding hydrogens is 138 g/mol. The molecule has 0 radical (unpaired) electrons. The summed E-state index contributed by atoms with van der Waals surface area (Å²) in [5.74, 6) is 0. The molecule has 64 valence electrons. The maximum atomic E-state index is 5.58. The van der Waals surface area contributed by atoms with Gasteiger partial charge in [-0.3, -0.25) is 0 Å². The van der Waals surface area contributed by atoms with Gasteiger partial charge in [0.2, 0.25) is 0 Å². The normalized spacial score (nSPS) is 35.2. The third-order valence-electron chi connectivity index (χ3n) is 3.32. The van der Waals surface area contributed by atoms with E-state index in [0.29, 0.717) is 18.1 Å². The van der Waals surface area contributed by atoms with Gasteiger partial charge in [0.05, 0.1) is 6.10 Å². The van der Waals surface area contributed by atoms with Crippen LogP contribution in [0.25, 0.3) is 0 Å². The van der Waals surface area contributed by atoms with E-state index in [4.69, 9.17) is 10.5 Å². The summed E-state index contributed by atoms with van der Waals surface area (Å²) in [6, 6.07) is 0. The highest BCUT2D eigenvalue weighted by Gasteiger charge is 2.40. The Kier molecular flexibility index (Phi) is 1.90. The molecule has 1 heterocycles. The van der Waals surface area contributed by atoms with Gasteiger partial charge in [-0.25, -0.2) is 0 Å². The number of nitrogens with two attached hydrogens (primary N) is 1. The maximum Gasteiger partial charge on any atom is 0.0702 e. The minimum absolute atomic E-state index is 0.365. The molecule has 1 unspecified atom stereocenters. The molecule has 1 aliphatic heterocycles. The van der Waals surface area contributed by atoms with E-state index in [1.165, 1.54) is 32.1 Å². The van der Waals surface area contributed by atoms with Crippen LogP contribution in [0.2, 0.25) is 0 Å². The molecule has 1 aliphatic carbocycles. The maximum absolute atomic E-state index is 5.58. The minimum Gasteiger partial charge on any atom is -0.377 e. The van der Waals surface area contributed by atoms with Crippen LogP contribution in [0.15, 0.2) is 0 Å². The first-order valence-corrected chi connectivity index (χ1v) is 4.66. The molecule has 0 aromatic carbocycles. The van der Waals surface area contributed by atoms with Crippen molar-refractivity contribution in [3.8, 4) is 0 Å². The molecule has 0 aromatic heterocycles. The highest BCUT2D eigenvalue weighted by Crippen LogP contribution is 2.49. The van der Waals surface area contributed by atoms with E-state index in [-0.39, 0.29) is 0 Å². The SMILES string of the molecule is NCC1CC2(CCC2)CCO1. The van der Waals surface area contributed by atoms with Gasteiger partial charge in [-0.1, -0.05) is 6.42 Å². The summed E-state index contributed by atoms with van der Waals surface area (Å²) < 4.78 is 5.53. The van der Waals surface area contributed by atoms with Crippen LogP contribution in [0.5, 0.6) is 0 Å². The van der Waals surface area contributed by atoms with E-state index in [1.54, 1.807) is 0 Å². The van der Waals surface area contributed by atoms with E-state index in [0.717, 1.165) is 6.61 Å². The van der Waals surface area contributed by atoms with Crippen LogP contribution in [0.3, 0.4) is 0 Å². The van der Waals surface area contributed by atoms with Gasteiger partial charge in [0.15, 0.2) is 0 Å². The Morgan fingerprint density at radius 2 is 2.18 bits per heavy atom. The first-order valence-electron chi connectivity index (χ1n) is 4.66. The number of hydrogen-bond donors (Lipinski definition) is 1. The molecular formula is C9H17NO. The fraction of sp³-hybridized carbons (Fsp3) is 1.00. The number of ether oxygens (including phenoxy) is 1. The van der Waals surface area contributed by atoms with Crippen molar-refractivity contribution in [3.05, 3.63) is 0 Å². The van der Waals surface area contributed by atoms with Crippen LogP contribution in [0, 0.1) is 5.41 Å². The number of hydrogen-bond acceptors (Lipinski definition) is 2. The van der Waals surface area contributed by atoms with Gasteiger partial charge in [-0.05, 0) is 31.1 Å². The summed E-state index contributed by atoms with van der Waals surface area (Å²) >= 11 is 0. The standard InChI is InChI=1S/C9H17NO/c10-7-8-6-9(2-1-3-9)4-5-11-8/h8H,1-7,10H2. The predicted molar refractivity (Wildman–Crippen MR) is 44.3 cm³/mol. The summed E-state index contributed by atoms with van der Waals surface area (Å²) in [5.41, 5.74) is 6.25. The molecule has 2 heteroatoms. The fourth-order valence-electron chi connectivity index (χ4n) is 2.37. The Balaban J connectivity index is 1.92. The molecule has 1 saturated carbocycles. The second-order valence-electron chi connectivity index (χ2n) is 4.04. The lowest BCUT2D eigenvalue weighted by Gasteiger charge is -2.47. The molecule has 1 atom stereocenters. The largest absolute Gasteiger partial charge is 0.377 e. The highest BCUT2D eigenvalue weighted by molar-refractivity contribution is 4.92. The molecule has 2 rings (SSSR count). The predicted octanol–water partition coefficient (Wildman–Crippen LogP) is 1.29. The van der Waals surface area contributed by atoms with Crippen LogP contribution >= 0.6 is 0 Å². The summed E-state index contributed by atoms with van der Waals surface area (Å²) in [4.78, 5) is 0. The molecule has 1 saturated heterocycles. The molecule has 2 N–H and O–H groups in total. The summed E-state index contributed by atoms with van der Waals surface area (Å²) in [6.07, 6.45) is 7.15. The molecule has 2 aliphatic rings. The lowest BCUT2D eigenvalue weighted by molar-refractivity contribution is -0.0754. The zero-order valence-electron chi connectivity index (χ0n) is 7.01. The first-order chi connectivity index (χ1) is 5.35. The van der Waals surface area contributed by atoms with E-state index in [2.05, 4.69) is 0 Å². The van der Waals surface area contributed by atoms with Gasteiger partial charge < -0.3 is 10.5 Å². The molecule has 11 heavy (non-hydrogen) atoms.